The molecule has 0 spiro atoms. The Labute approximate surface area is 179 Å². The third-order valence-electron chi connectivity index (χ3n) is 4.95. The number of halogens is 2. The quantitative estimate of drug-likeness (QED) is 0.428. The predicted octanol–water partition coefficient (Wildman–Crippen LogP) is 5.09. The Morgan fingerprint density at radius 1 is 1.10 bits per heavy atom. The highest BCUT2D eigenvalue weighted by molar-refractivity contribution is 7.15. The molecular formula is C22H15F2N5OS. The maximum absolute atomic E-state index is 14.2. The Kier molecular flexibility index (Phi) is 4.59. The minimum Gasteiger partial charge on any atom is -0.306 e. The minimum atomic E-state index is -0.435. The summed E-state index contributed by atoms with van der Waals surface area (Å²) in [6, 6.07) is 12.1. The largest absolute Gasteiger partial charge is 0.306 e. The van der Waals surface area contributed by atoms with E-state index < -0.39 is 11.7 Å². The highest BCUT2D eigenvalue weighted by Crippen LogP contribution is 2.31. The van der Waals surface area contributed by atoms with E-state index in [1.807, 2.05) is 5.38 Å². The molecule has 0 saturated heterocycles. The molecular weight excluding hydrogens is 420 g/mol. The molecule has 154 valence electrons. The molecule has 0 aliphatic heterocycles. The number of fused-ring (bicyclic) bond motifs is 1. The number of nitrogens with one attached hydrogen (secondary N) is 1. The van der Waals surface area contributed by atoms with Crippen molar-refractivity contribution >= 4 is 28.0 Å². The lowest BCUT2D eigenvalue weighted by molar-refractivity contribution is 0.102. The third kappa shape index (κ3) is 3.28. The number of hydrogen-bond acceptors (Lipinski definition) is 4. The summed E-state index contributed by atoms with van der Waals surface area (Å²) >= 11 is 1.42. The van der Waals surface area contributed by atoms with Crippen molar-refractivity contribution in [2.75, 3.05) is 5.32 Å². The Balaban J connectivity index is 1.53. The first kappa shape index (κ1) is 19.1. The van der Waals surface area contributed by atoms with Crippen LogP contribution in [-0.2, 0) is 0 Å². The second-order valence-electron chi connectivity index (χ2n) is 6.83. The molecule has 0 aliphatic carbocycles. The van der Waals surface area contributed by atoms with Gasteiger partial charge in [0.05, 0.1) is 17.5 Å². The lowest BCUT2D eigenvalue weighted by Gasteiger charge is -2.08. The van der Waals surface area contributed by atoms with E-state index in [0.29, 0.717) is 33.3 Å². The first-order valence-electron chi connectivity index (χ1n) is 9.35. The molecule has 9 heteroatoms. The standard InChI is InChI=1S/C22H15F2N5OS/c1-13-16(12-25-29(13)18-5-3-2-4-17(18)24)21(30)27-20-19(14-6-8-15(23)9-7-14)26-22-28(20)10-11-31-22/h2-12H,1H3,(H,27,30). The van der Waals surface area contributed by atoms with E-state index in [9.17, 15) is 13.6 Å². The molecule has 2 aromatic carbocycles. The summed E-state index contributed by atoms with van der Waals surface area (Å²) < 4.78 is 30.7. The number of hydrogen-bond donors (Lipinski definition) is 1. The average Bonchev–Trinajstić information content (AvgIpc) is 3.45. The molecule has 0 fully saturated rings. The number of amides is 1. The number of thiazole rings is 1. The van der Waals surface area contributed by atoms with Crippen LogP contribution in [0.1, 0.15) is 16.1 Å². The first-order chi connectivity index (χ1) is 15.0. The van der Waals surface area contributed by atoms with Crippen LogP contribution in [0.3, 0.4) is 0 Å². The smallest absolute Gasteiger partial charge is 0.260 e. The second kappa shape index (κ2) is 7.44. The molecule has 0 atom stereocenters. The van der Waals surface area contributed by atoms with Crippen LogP contribution < -0.4 is 5.32 Å². The van der Waals surface area contributed by atoms with Gasteiger partial charge in [0.25, 0.3) is 5.91 Å². The van der Waals surface area contributed by atoms with Crippen molar-refractivity contribution in [3.63, 3.8) is 0 Å². The van der Waals surface area contributed by atoms with Crippen LogP contribution in [0.4, 0.5) is 14.6 Å². The van der Waals surface area contributed by atoms with Gasteiger partial charge >= 0.3 is 0 Å². The molecule has 5 rings (SSSR count). The van der Waals surface area contributed by atoms with Crippen molar-refractivity contribution in [3.8, 4) is 16.9 Å². The Morgan fingerprint density at radius 3 is 2.65 bits per heavy atom. The van der Waals surface area contributed by atoms with Crippen molar-refractivity contribution in [1.82, 2.24) is 19.2 Å². The Hall–Kier alpha value is -3.85. The number of benzene rings is 2. The Morgan fingerprint density at radius 2 is 1.87 bits per heavy atom. The maximum atomic E-state index is 14.2. The Bertz CT molecular complexity index is 1420. The number of para-hydroxylation sites is 1. The summed E-state index contributed by atoms with van der Waals surface area (Å²) in [6.07, 6.45) is 3.20. The highest BCUT2D eigenvalue weighted by Gasteiger charge is 2.21. The summed E-state index contributed by atoms with van der Waals surface area (Å²) in [5, 5.41) is 8.95. The van der Waals surface area contributed by atoms with Gasteiger partial charge in [0.2, 0.25) is 0 Å². The fourth-order valence-electron chi connectivity index (χ4n) is 3.39. The number of imidazole rings is 1. The highest BCUT2D eigenvalue weighted by atomic mass is 32.1. The summed E-state index contributed by atoms with van der Waals surface area (Å²) in [6.45, 7) is 1.70. The number of aromatic nitrogens is 4. The summed E-state index contributed by atoms with van der Waals surface area (Å²) in [5.74, 6) is -0.732. The molecule has 6 nitrogen and oxygen atoms in total. The van der Waals surface area contributed by atoms with Gasteiger partial charge in [0.1, 0.15) is 28.8 Å². The minimum absolute atomic E-state index is 0.260. The van der Waals surface area contributed by atoms with Gasteiger partial charge in [-0.1, -0.05) is 12.1 Å². The zero-order valence-corrected chi connectivity index (χ0v) is 17.0. The SMILES string of the molecule is Cc1c(C(=O)Nc2c(-c3ccc(F)cc3)nc3sccn23)cnn1-c1ccccc1F. The van der Waals surface area contributed by atoms with Crippen LogP contribution in [-0.4, -0.2) is 25.1 Å². The van der Waals surface area contributed by atoms with E-state index in [1.165, 1.54) is 40.4 Å². The average molecular weight is 435 g/mol. The normalized spacial score (nSPS) is 11.2. The molecule has 1 N–H and O–H groups in total. The predicted molar refractivity (Wildman–Crippen MR) is 115 cm³/mol. The third-order valence-corrected chi connectivity index (χ3v) is 5.70. The van der Waals surface area contributed by atoms with E-state index >= 15 is 0 Å². The summed E-state index contributed by atoms with van der Waals surface area (Å²) in [7, 11) is 0. The summed E-state index contributed by atoms with van der Waals surface area (Å²) in [5.41, 5.74) is 2.26. The van der Waals surface area contributed by atoms with Crippen molar-refractivity contribution in [1.29, 1.82) is 0 Å². The van der Waals surface area contributed by atoms with E-state index in [2.05, 4.69) is 15.4 Å². The number of nitrogens with zero attached hydrogens (tertiary/aromatic N) is 4. The molecule has 0 saturated carbocycles. The second-order valence-corrected chi connectivity index (χ2v) is 7.71. The molecule has 0 bridgehead atoms. The fourth-order valence-corrected chi connectivity index (χ4v) is 4.10. The van der Waals surface area contributed by atoms with Gasteiger partial charge in [-0.25, -0.2) is 18.4 Å². The van der Waals surface area contributed by atoms with Crippen LogP contribution >= 0.6 is 11.3 Å². The van der Waals surface area contributed by atoms with Gasteiger partial charge in [-0.05, 0) is 43.3 Å². The molecule has 0 radical (unpaired) electrons. The van der Waals surface area contributed by atoms with Crippen LogP contribution in [0.5, 0.6) is 0 Å². The molecule has 3 aromatic heterocycles. The number of anilines is 1. The van der Waals surface area contributed by atoms with Crippen molar-refractivity contribution in [3.05, 3.63) is 89.2 Å². The number of carbonyl (C=O) groups is 1. The summed E-state index contributed by atoms with van der Waals surface area (Å²) in [4.78, 5) is 18.4. The topological polar surface area (TPSA) is 64.2 Å². The number of carbonyl (C=O) groups excluding carboxylic acids is 1. The van der Waals surface area contributed by atoms with Gasteiger partial charge in [0.15, 0.2) is 4.96 Å². The van der Waals surface area contributed by atoms with Gasteiger partial charge in [-0.2, -0.15) is 5.10 Å². The van der Waals surface area contributed by atoms with Gasteiger partial charge in [-0.15, -0.1) is 11.3 Å². The van der Waals surface area contributed by atoms with E-state index in [-0.39, 0.29) is 11.5 Å². The van der Waals surface area contributed by atoms with Crippen molar-refractivity contribution in [2.24, 2.45) is 0 Å². The van der Waals surface area contributed by atoms with Crippen LogP contribution in [0.15, 0.2) is 66.3 Å². The van der Waals surface area contributed by atoms with Gasteiger partial charge < -0.3 is 5.32 Å². The zero-order valence-electron chi connectivity index (χ0n) is 16.2. The van der Waals surface area contributed by atoms with E-state index in [1.54, 1.807) is 47.9 Å². The van der Waals surface area contributed by atoms with Gasteiger partial charge in [-0.3, -0.25) is 9.20 Å². The lowest BCUT2D eigenvalue weighted by Crippen LogP contribution is -2.15. The molecule has 1 amide bonds. The van der Waals surface area contributed by atoms with Gasteiger partial charge in [0, 0.05) is 17.1 Å². The van der Waals surface area contributed by atoms with Crippen molar-refractivity contribution in [2.45, 2.75) is 6.92 Å². The van der Waals surface area contributed by atoms with Crippen LogP contribution in [0.2, 0.25) is 0 Å². The molecule has 31 heavy (non-hydrogen) atoms. The van der Waals surface area contributed by atoms with E-state index in [0.717, 1.165) is 0 Å². The van der Waals surface area contributed by atoms with Crippen LogP contribution in [0, 0.1) is 18.6 Å². The molecule has 0 unspecified atom stereocenters. The zero-order chi connectivity index (χ0) is 21.5. The first-order valence-corrected chi connectivity index (χ1v) is 10.2. The van der Waals surface area contributed by atoms with Crippen LogP contribution in [0.25, 0.3) is 21.9 Å². The van der Waals surface area contributed by atoms with Crippen molar-refractivity contribution < 1.29 is 13.6 Å². The molecule has 3 heterocycles. The number of rotatable bonds is 4. The molecule has 0 aliphatic rings. The lowest BCUT2D eigenvalue weighted by atomic mass is 10.1. The monoisotopic (exact) mass is 435 g/mol. The fraction of sp³-hybridized carbons (Fsp3) is 0.0455. The molecule has 5 aromatic rings. The maximum Gasteiger partial charge on any atom is 0.260 e. The van der Waals surface area contributed by atoms with E-state index in [4.69, 9.17) is 0 Å².